The van der Waals surface area contributed by atoms with Crippen LogP contribution in [0.1, 0.15) is 27.2 Å². The highest BCUT2D eigenvalue weighted by molar-refractivity contribution is 14.0. The number of benzene rings is 1. The summed E-state index contributed by atoms with van der Waals surface area (Å²) < 4.78 is 23.8. The lowest BCUT2D eigenvalue weighted by Gasteiger charge is -2.14. The van der Waals surface area contributed by atoms with E-state index < -0.39 is 6.10 Å². The van der Waals surface area contributed by atoms with Gasteiger partial charge in [-0.25, -0.2) is 4.39 Å². The lowest BCUT2D eigenvalue weighted by Crippen LogP contribution is -2.39. The Balaban J connectivity index is 0.00000676. The monoisotopic (exact) mass is 497 g/mol. The van der Waals surface area contributed by atoms with Gasteiger partial charge in [0, 0.05) is 26.3 Å². The summed E-state index contributed by atoms with van der Waals surface area (Å²) in [5.41, 5.74) is 0. The largest absolute Gasteiger partial charge is 0.491 e. The molecule has 0 aliphatic heterocycles. The molecule has 0 bridgehead atoms. The molecule has 0 amide bonds. The number of aliphatic imine (C=N–C) groups is 1. The Kier molecular flexibility index (Phi) is 15.2. The zero-order chi connectivity index (χ0) is 19.2. The van der Waals surface area contributed by atoms with Crippen LogP contribution in [0, 0.1) is 11.7 Å². The summed E-state index contributed by atoms with van der Waals surface area (Å²) in [6.07, 6.45) is 0.137. The van der Waals surface area contributed by atoms with Crippen LogP contribution in [0.2, 0.25) is 0 Å². The van der Waals surface area contributed by atoms with Crippen LogP contribution >= 0.6 is 24.0 Å². The first kappa shape index (κ1) is 25.9. The predicted molar refractivity (Wildman–Crippen MR) is 118 cm³/mol. The third-order valence-corrected chi connectivity index (χ3v) is 3.27. The lowest BCUT2D eigenvalue weighted by atomic mass is 10.2. The summed E-state index contributed by atoms with van der Waals surface area (Å²) >= 11 is 0. The van der Waals surface area contributed by atoms with Gasteiger partial charge in [-0.1, -0.05) is 13.8 Å². The molecule has 3 N–H and O–H groups in total. The van der Waals surface area contributed by atoms with Gasteiger partial charge in [0.2, 0.25) is 0 Å². The number of aliphatic hydroxyl groups excluding tert-OH is 1. The third-order valence-electron chi connectivity index (χ3n) is 3.27. The molecule has 0 aliphatic carbocycles. The Labute approximate surface area is 179 Å². The van der Waals surface area contributed by atoms with Crippen LogP contribution in [-0.4, -0.2) is 56.6 Å². The van der Waals surface area contributed by atoms with Crippen LogP contribution in [0.5, 0.6) is 5.75 Å². The van der Waals surface area contributed by atoms with E-state index in [0.29, 0.717) is 24.2 Å². The Morgan fingerprint density at radius 2 is 1.89 bits per heavy atom. The second-order valence-corrected chi connectivity index (χ2v) is 6.39. The summed E-state index contributed by atoms with van der Waals surface area (Å²) in [7, 11) is 0. The molecule has 27 heavy (non-hydrogen) atoms. The van der Waals surface area contributed by atoms with Crippen molar-refractivity contribution in [3.63, 3.8) is 0 Å². The van der Waals surface area contributed by atoms with E-state index in [1.54, 1.807) is 0 Å². The number of ether oxygens (including phenoxy) is 2. The van der Waals surface area contributed by atoms with E-state index in [4.69, 9.17) is 9.47 Å². The molecule has 0 aliphatic rings. The second kappa shape index (κ2) is 15.9. The van der Waals surface area contributed by atoms with Gasteiger partial charge in [-0.3, -0.25) is 4.99 Å². The highest BCUT2D eigenvalue weighted by Crippen LogP contribution is 2.11. The van der Waals surface area contributed by atoms with E-state index in [1.807, 2.05) is 6.92 Å². The minimum Gasteiger partial charge on any atom is -0.491 e. The van der Waals surface area contributed by atoms with E-state index in [9.17, 15) is 9.50 Å². The van der Waals surface area contributed by atoms with Crippen molar-refractivity contribution < 1.29 is 19.0 Å². The molecule has 6 nitrogen and oxygen atoms in total. The normalized spacial score (nSPS) is 12.4. The number of nitrogens with one attached hydrogen (secondary N) is 2. The zero-order valence-electron chi connectivity index (χ0n) is 16.4. The fourth-order valence-electron chi connectivity index (χ4n) is 2.01. The summed E-state index contributed by atoms with van der Waals surface area (Å²) in [4.78, 5) is 4.35. The van der Waals surface area contributed by atoms with Gasteiger partial charge < -0.3 is 25.2 Å². The minimum absolute atomic E-state index is 0. The molecule has 0 heterocycles. The second-order valence-electron chi connectivity index (χ2n) is 6.39. The quantitative estimate of drug-likeness (QED) is 0.179. The molecule has 0 fully saturated rings. The minimum atomic E-state index is -0.745. The molecule has 8 heteroatoms. The third kappa shape index (κ3) is 13.7. The SMILES string of the molecule is CCNC(=NCC(O)COc1ccc(F)cc1)NCCCOCC(C)C.I. The molecule has 1 aromatic rings. The number of rotatable bonds is 12. The Hall–Kier alpha value is -1.13. The number of nitrogens with zero attached hydrogens (tertiary/aromatic N) is 1. The van der Waals surface area contributed by atoms with Gasteiger partial charge in [-0.05, 0) is 43.5 Å². The van der Waals surface area contributed by atoms with Crippen molar-refractivity contribution in [1.82, 2.24) is 10.6 Å². The van der Waals surface area contributed by atoms with Crippen LogP contribution in [-0.2, 0) is 4.74 Å². The molecule has 1 atom stereocenters. The molecule has 1 unspecified atom stereocenters. The molecular formula is C19H33FIN3O3. The first-order valence-corrected chi connectivity index (χ1v) is 9.17. The Bertz CT molecular complexity index is 515. The molecule has 0 radical (unpaired) electrons. The summed E-state index contributed by atoms with van der Waals surface area (Å²) in [6.45, 7) is 9.49. The van der Waals surface area contributed by atoms with Gasteiger partial charge in [0.15, 0.2) is 5.96 Å². The molecule has 1 rings (SSSR count). The average molecular weight is 497 g/mol. The smallest absolute Gasteiger partial charge is 0.191 e. The molecule has 0 saturated heterocycles. The summed E-state index contributed by atoms with van der Waals surface area (Å²) in [5.74, 6) is 1.39. The van der Waals surface area contributed by atoms with E-state index >= 15 is 0 Å². The standard InChI is InChI=1S/C19H32FN3O3.HI/c1-4-21-19(22-10-5-11-25-13-15(2)3)23-12-17(24)14-26-18-8-6-16(20)7-9-18;/h6-9,15,17,24H,4-5,10-14H2,1-3H3,(H2,21,22,23);1H. The first-order chi connectivity index (χ1) is 12.5. The van der Waals surface area contributed by atoms with Crippen molar-refractivity contribution in [3.8, 4) is 5.75 Å². The maximum atomic E-state index is 12.8. The van der Waals surface area contributed by atoms with Gasteiger partial charge in [-0.2, -0.15) is 0 Å². The topological polar surface area (TPSA) is 75.1 Å². The maximum Gasteiger partial charge on any atom is 0.191 e. The molecule has 0 aromatic heterocycles. The van der Waals surface area contributed by atoms with Gasteiger partial charge in [0.05, 0.1) is 6.54 Å². The average Bonchev–Trinajstić information content (AvgIpc) is 2.61. The fraction of sp³-hybridized carbons (Fsp3) is 0.632. The highest BCUT2D eigenvalue weighted by Gasteiger charge is 2.06. The maximum absolute atomic E-state index is 12.8. The lowest BCUT2D eigenvalue weighted by molar-refractivity contribution is 0.108. The molecule has 0 spiro atoms. The predicted octanol–water partition coefficient (Wildman–Crippen LogP) is 2.80. The number of aliphatic hydroxyl groups is 1. The Morgan fingerprint density at radius 1 is 1.19 bits per heavy atom. The molecule has 1 aromatic carbocycles. The number of hydrogen-bond donors (Lipinski definition) is 3. The van der Waals surface area contributed by atoms with E-state index in [2.05, 4.69) is 29.5 Å². The number of hydrogen-bond acceptors (Lipinski definition) is 4. The van der Waals surface area contributed by atoms with Gasteiger partial charge >= 0.3 is 0 Å². The zero-order valence-corrected chi connectivity index (χ0v) is 18.7. The van der Waals surface area contributed by atoms with Crippen molar-refractivity contribution in [3.05, 3.63) is 30.1 Å². The fourth-order valence-corrected chi connectivity index (χ4v) is 2.01. The van der Waals surface area contributed by atoms with E-state index in [0.717, 1.165) is 26.1 Å². The van der Waals surface area contributed by atoms with Crippen molar-refractivity contribution in [1.29, 1.82) is 0 Å². The van der Waals surface area contributed by atoms with Gasteiger partial charge in [-0.15, -0.1) is 24.0 Å². The van der Waals surface area contributed by atoms with Crippen LogP contribution in [0.3, 0.4) is 0 Å². The van der Waals surface area contributed by atoms with E-state index in [1.165, 1.54) is 24.3 Å². The molecular weight excluding hydrogens is 464 g/mol. The summed E-state index contributed by atoms with van der Waals surface area (Å²) in [5, 5.41) is 16.3. The van der Waals surface area contributed by atoms with Gasteiger partial charge in [0.1, 0.15) is 24.3 Å². The van der Waals surface area contributed by atoms with Crippen LogP contribution < -0.4 is 15.4 Å². The van der Waals surface area contributed by atoms with Crippen LogP contribution in [0.4, 0.5) is 4.39 Å². The highest BCUT2D eigenvalue weighted by atomic mass is 127. The summed E-state index contributed by atoms with van der Waals surface area (Å²) in [6, 6.07) is 5.69. The molecule has 156 valence electrons. The van der Waals surface area contributed by atoms with Crippen LogP contribution in [0.15, 0.2) is 29.3 Å². The van der Waals surface area contributed by atoms with Crippen molar-refractivity contribution >= 4 is 29.9 Å². The number of guanidine groups is 1. The van der Waals surface area contributed by atoms with Crippen molar-refractivity contribution in [2.24, 2.45) is 10.9 Å². The van der Waals surface area contributed by atoms with Crippen molar-refractivity contribution in [2.45, 2.75) is 33.3 Å². The van der Waals surface area contributed by atoms with Gasteiger partial charge in [0.25, 0.3) is 0 Å². The first-order valence-electron chi connectivity index (χ1n) is 9.17. The van der Waals surface area contributed by atoms with Crippen molar-refractivity contribution in [2.75, 3.05) is 39.5 Å². The van der Waals surface area contributed by atoms with Crippen LogP contribution in [0.25, 0.3) is 0 Å². The number of halogens is 2. The molecule has 0 saturated carbocycles. The van der Waals surface area contributed by atoms with E-state index in [-0.39, 0.29) is 42.9 Å². The Morgan fingerprint density at radius 3 is 2.52 bits per heavy atom.